The van der Waals surface area contributed by atoms with Gasteiger partial charge in [-0.15, -0.1) is 10.2 Å². The first-order chi connectivity index (χ1) is 8.49. The molecular weight excluding hydrogens is 228 g/mol. The molecule has 0 spiro atoms. The van der Waals surface area contributed by atoms with E-state index in [0.717, 1.165) is 18.2 Å². The van der Waals surface area contributed by atoms with Crippen molar-refractivity contribution in [2.24, 2.45) is 0 Å². The number of aliphatic hydroxyl groups excluding tert-OH is 1. The van der Waals surface area contributed by atoms with Crippen LogP contribution in [-0.4, -0.2) is 43.5 Å². The molecular formula is C13H24N4O. The normalized spacial score (nSPS) is 17.7. The van der Waals surface area contributed by atoms with Crippen LogP contribution < -0.4 is 0 Å². The maximum atomic E-state index is 9.56. The lowest BCUT2D eigenvalue weighted by molar-refractivity contribution is 0.0998. The van der Waals surface area contributed by atoms with Crippen molar-refractivity contribution in [2.45, 2.75) is 65.3 Å². The second kappa shape index (κ2) is 5.36. The van der Waals surface area contributed by atoms with Crippen LogP contribution in [0.3, 0.4) is 0 Å². The van der Waals surface area contributed by atoms with Gasteiger partial charge in [-0.3, -0.25) is 4.90 Å². The average Bonchev–Trinajstić information content (AvgIpc) is 3.03. The number of nitrogens with zero attached hydrogens (tertiary/aromatic N) is 4. The zero-order valence-electron chi connectivity index (χ0n) is 11.8. The lowest BCUT2D eigenvalue weighted by Gasteiger charge is -2.27. The Labute approximate surface area is 109 Å². The molecule has 0 saturated heterocycles. The Morgan fingerprint density at radius 1 is 1.33 bits per heavy atom. The van der Waals surface area contributed by atoms with Crippen molar-refractivity contribution < 1.29 is 5.11 Å². The minimum atomic E-state index is -0.314. The van der Waals surface area contributed by atoms with Crippen LogP contribution in [-0.2, 0) is 6.54 Å². The molecule has 0 radical (unpaired) electrons. The van der Waals surface area contributed by atoms with Crippen molar-refractivity contribution in [1.29, 1.82) is 0 Å². The predicted molar refractivity (Wildman–Crippen MR) is 70.3 cm³/mol. The number of rotatable bonds is 6. The maximum Gasteiger partial charge on any atom is 0.147 e. The molecule has 1 N–H and O–H groups in total. The fourth-order valence-corrected chi connectivity index (χ4v) is 2.31. The topological polar surface area (TPSA) is 54.2 Å². The van der Waals surface area contributed by atoms with Crippen molar-refractivity contribution in [1.82, 2.24) is 19.7 Å². The summed E-state index contributed by atoms with van der Waals surface area (Å²) in [5.74, 6) is 2.04. The molecule has 2 rings (SSSR count). The lowest BCUT2D eigenvalue weighted by atomic mass is 10.2. The van der Waals surface area contributed by atoms with Gasteiger partial charge in [-0.2, -0.15) is 0 Å². The van der Waals surface area contributed by atoms with E-state index in [9.17, 15) is 5.11 Å². The standard InChI is InChI=1S/C13H24N4O/c1-9(2)16(7-10(3)18)8-13-15-14-11(4)17(13)12-5-6-12/h9-10,12,18H,5-8H2,1-4H3. The summed E-state index contributed by atoms with van der Waals surface area (Å²) < 4.78 is 2.26. The molecule has 1 atom stereocenters. The van der Waals surface area contributed by atoms with Gasteiger partial charge < -0.3 is 9.67 Å². The Morgan fingerprint density at radius 3 is 2.50 bits per heavy atom. The summed E-state index contributed by atoms with van der Waals surface area (Å²) in [5.41, 5.74) is 0. The zero-order chi connectivity index (χ0) is 13.3. The van der Waals surface area contributed by atoms with Gasteiger partial charge >= 0.3 is 0 Å². The number of aromatic nitrogens is 3. The molecule has 1 aliphatic carbocycles. The van der Waals surface area contributed by atoms with Crippen molar-refractivity contribution in [3.63, 3.8) is 0 Å². The Hall–Kier alpha value is -0.940. The Bertz CT molecular complexity index is 396. The molecule has 0 aromatic carbocycles. The van der Waals surface area contributed by atoms with Crippen LogP contribution in [0.5, 0.6) is 0 Å². The van der Waals surface area contributed by atoms with Crippen molar-refractivity contribution in [3.05, 3.63) is 11.6 Å². The van der Waals surface area contributed by atoms with Gasteiger partial charge in [0, 0.05) is 18.6 Å². The molecule has 1 aromatic heterocycles. The number of hydrogen-bond donors (Lipinski definition) is 1. The Balaban J connectivity index is 2.11. The molecule has 5 nitrogen and oxygen atoms in total. The summed E-state index contributed by atoms with van der Waals surface area (Å²) in [6.07, 6.45) is 2.17. The molecule has 1 aliphatic rings. The first kappa shape index (κ1) is 13.5. The molecule has 102 valence electrons. The van der Waals surface area contributed by atoms with E-state index in [1.165, 1.54) is 12.8 Å². The zero-order valence-corrected chi connectivity index (χ0v) is 11.8. The van der Waals surface area contributed by atoms with E-state index in [0.29, 0.717) is 18.6 Å². The van der Waals surface area contributed by atoms with Gasteiger partial charge in [0.15, 0.2) is 0 Å². The van der Waals surface area contributed by atoms with E-state index in [-0.39, 0.29) is 6.10 Å². The second-order valence-corrected chi connectivity index (χ2v) is 5.64. The van der Waals surface area contributed by atoms with Crippen molar-refractivity contribution in [2.75, 3.05) is 6.54 Å². The summed E-state index contributed by atoms with van der Waals surface area (Å²) in [6, 6.07) is 1.000. The minimum Gasteiger partial charge on any atom is -0.392 e. The summed E-state index contributed by atoms with van der Waals surface area (Å²) in [5, 5.41) is 18.1. The van der Waals surface area contributed by atoms with Crippen LogP contribution >= 0.6 is 0 Å². The first-order valence-electron chi connectivity index (χ1n) is 6.81. The third kappa shape index (κ3) is 3.09. The SMILES string of the molecule is Cc1nnc(CN(CC(C)O)C(C)C)n1C1CC1. The van der Waals surface area contributed by atoms with E-state index in [1.807, 2.05) is 13.8 Å². The van der Waals surface area contributed by atoms with E-state index in [1.54, 1.807) is 0 Å². The van der Waals surface area contributed by atoms with Crippen molar-refractivity contribution in [3.8, 4) is 0 Å². The van der Waals surface area contributed by atoms with Crippen molar-refractivity contribution >= 4 is 0 Å². The monoisotopic (exact) mass is 252 g/mol. The highest BCUT2D eigenvalue weighted by Crippen LogP contribution is 2.36. The van der Waals surface area contributed by atoms with Gasteiger partial charge in [0.2, 0.25) is 0 Å². The molecule has 18 heavy (non-hydrogen) atoms. The van der Waals surface area contributed by atoms with E-state index < -0.39 is 0 Å². The highest BCUT2D eigenvalue weighted by Gasteiger charge is 2.29. The van der Waals surface area contributed by atoms with Crippen LogP contribution in [0.1, 0.15) is 51.3 Å². The first-order valence-corrected chi connectivity index (χ1v) is 6.81. The maximum absolute atomic E-state index is 9.56. The summed E-state index contributed by atoms with van der Waals surface area (Å²) in [7, 11) is 0. The number of aryl methyl sites for hydroxylation is 1. The van der Waals surface area contributed by atoms with Gasteiger partial charge in [0.25, 0.3) is 0 Å². The molecule has 1 saturated carbocycles. The van der Waals surface area contributed by atoms with Crippen LogP contribution in [0.25, 0.3) is 0 Å². The van der Waals surface area contributed by atoms with Crippen LogP contribution in [0.2, 0.25) is 0 Å². The quantitative estimate of drug-likeness (QED) is 0.834. The van der Waals surface area contributed by atoms with Crippen LogP contribution in [0.4, 0.5) is 0 Å². The highest BCUT2D eigenvalue weighted by molar-refractivity contribution is 5.01. The fraction of sp³-hybridized carbons (Fsp3) is 0.846. The second-order valence-electron chi connectivity index (χ2n) is 5.64. The predicted octanol–water partition coefficient (Wildman–Crippen LogP) is 1.51. The van der Waals surface area contributed by atoms with E-state index in [2.05, 4.69) is 33.5 Å². The summed E-state index contributed by atoms with van der Waals surface area (Å²) in [6.45, 7) is 9.57. The van der Waals surface area contributed by atoms with E-state index in [4.69, 9.17) is 0 Å². The highest BCUT2D eigenvalue weighted by atomic mass is 16.3. The van der Waals surface area contributed by atoms with Gasteiger partial charge in [0.05, 0.1) is 12.6 Å². The van der Waals surface area contributed by atoms with Crippen LogP contribution in [0.15, 0.2) is 0 Å². The van der Waals surface area contributed by atoms with Crippen LogP contribution in [0, 0.1) is 6.92 Å². The number of hydrogen-bond acceptors (Lipinski definition) is 4. The lowest BCUT2D eigenvalue weighted by Crippen LogP contribution is -2.36. The van der Waals surface area contributed by atoms with E-state index >= 15 is 0 Å². The molecule has 1 heterocycles. The van der Waals surface area contributed by atoms with Gasteiger partial charge in [-0.05, 0) is 40.5 Å². The Morgan fingerprint density at radius 2 is 2.00 bits per heavy atom. The van der Waals surface area contributed by atoms with Gasteiger partial charge in [-0.25, -0.2) is 0 Å². The third-order valence-electron chi connectivity index (χ3n) is 3.42. The molecule has 1 fully saturated rings. The smallest absolute Gasteiger partial charge is 0.147 e. The third-order valence-corrected chi connectivity index (χ3v) is 3.42. The molecule has 0 amide bonds. The van der Waals surface area contributed by atoms with Gasteiger partial charge in [-0.1, -0.05) is 0 Å². The molecule has 1 unspecified atom stereocenters. The number of aliphatic hydroxyl groups is 1. The summed E-state index contributed by atoms with van der Waals surface area (Å²) in [4.78, 5) is 2.24. The largest absolute Gasteiger partial charge is 0.392 e. The van der Waals surface area contributed by atoms with Gasteiger partial charge in [0.1, 0.15) is 11.6 Å². The fourth-order valence-electron chi connectivity index (χ4n) is 2.31. The average molecular weight is 252 g/mol. The minimum absolute atomic E-state index is 0.314. The molecule has 0 bridgehead atoms. The summed E-state index contributed by atoms with van der Waals surface area (Å²) >= 11 is 0. The Kier molecular flexibility index (Phi) is 4.02. The molecule has 0 aliphatic heterocycles. The molecule has 5 heteroatoms. The molecule has 1 aromatic rings.